The van der Waals surface area contributed by atoms with Crippen LogP contribution in [-0.2, 0) is 9.84 Å². The molecule has 9 nitrogen and oxygen atoms in total. The highest BCUT2D eigenvalue weighted by molar-refractivity contribution is 7.90. The average molecular weight is 608 g/mol. The lowest BCUT2D eigenvalue weighted by Crippen LogP contribution is -2.48. The van der Waals surface area contributed by atoms with Crippen LogP contribution in [0.2, 0.25) is 0 Å². The number of hydrogen-bond donors (Lipinski definition) is 3. The fraction of sp³-hybridized carbons (Fsp3) is 0.414. The maximum Gasteiger partial charge on any atom is 0.418 e. The summed E-state index contributed by atoms with van der Waals surface area (Å²) >= 11 is 0. The standard InChI is InChI=1S/C29H32F3N3O6S/c1-17-15-35(2)11-9-23(17)34-28(37)21-13-18(12-20-22(16-41-26(20)21)27(36)29(30,31)32)6-5-10-33-24-14-19(42(4,38)39)7-8-25(24)40-3/h7-8,12-14,16-17,23,27,33,36H,9-11,15H2,1-4H3,(H,34,37)/t17-,23-,27?/m0/s1. The summed E-state index contributed by atoms with van der Waals surface area (Å²) in [5.41, 5.74) is -0.0117. The molecule has 2 aromatic carbocycles. The lowest BCUT2D eigenvalue weighted by Gasteiger charge is -2.35. The summed E-state index contributed by atoms with van der Waals surface area (Å²) in [5.74, 6) is 5.68. The summed E-state index contributed by atoms with van der Waals surface area (Å²) in [6.45, 7) is 3.58. The van der Waals surface area contributed by atoms with Crippen LogP contribution >= 0.6 is 0 Å². The molecule has 1 aliphatic heterocycles. The molecule has 1 aromatic heterocycles. The number of furan rings is 1. The van der Waals surface area contributed by atoms with Gasteiger partial charge in [0.15, 0.2) is 15.9 Å². The molecule has 3 N–H and O–H groups in total. The van der Waals surface area contributed by atoms with E-state index in [1.54, 1.807) is 0 Å². The molecule has 0 bridgehead atoms. The minimum absolute atomic E-state index is 0.000894. The molecule has 0 radical (unpaired) electrons. The highest BCUT2D eigenvalue weighted by Gasteiger charge is 2.41. The second-order valence-corrected chi connectivity index (χ2v) is 12.4. The fourth-order valence-corrected chi connectivity index (χ4v) is 5.59. The molecule has 1 amide bonds. The van der Waals surface area contributed by atoms with Crippen molar-refractivity contribution in [1.82, 2.24) is 10.2 Å². The van der Waals surface area contributed by atoms with Gasteiger partial charge in [0.1, 0.15) is 11.3 Å². The molecule has 1 saturated heterocycles. The topological polar surface area (TPSA) is 121 Å². The number of fused-ring (bicyclic) bond motifs is 1. The van der Waals surface area contributed by atoms with Crippen LogP contribution in [-0.4, -0.2) is 76.6 Å². The molecular formula is C29H32F3N3O6S. The highest BCUT2D eigenvalue weighted by Crippen LogP contribution is 2.38. The van der Waals surface area contributed by atoms with Gasteiger partial charge in [-0.05, 0) is 56.3 Å². The summed E-state index contributed by atoms with van der Waals surface area (Å²) in [6, 6.07) is 6.94. The Labute approximate surface area is 241 Å². The van der Waals surface area contributed by atoms with Crippen molar-refractivity contribution in [3.05, 3.63) is 53.3 Å². The molecule has 4 rings (SSSR count). The van der Waals surface area contributed by atoms with Gasteiger partial charge in [0.25, 0.3) is 5.91 Å². The predicted octanol–water partition coefficient (Wildman–Crippen LogP) is 3.97. The van der Waals surface area contributed by atoms with Gasteiger partial charge >= 0.3 is 6.18 Å². The Morgan fingerprint density at radius 2 is 2.02 bits per heavy atom. The number of anilines is 1. The van der Waals surface area contributed by atoms with Crippen molar-refractivity contribution in [2.45, 2.75) is 36.6 Å². The number of hydrogen-bond acceptors (Lipinski definition) is 8. The van der Waals surface area contributed by atoms with Gasteiger partial charge in [-0.2, -0.15) is 13.2 Å². The van der Waals surface area contributed by atoms with E-state index in [0.29, 0.717) is 17.9 Å². The molecule has 0 spiro atoms. The summed E-state index contributed by atoms with van der Waals surface area (Å²) in [6.07, 6.45) is -5.18. The summed E-state index contributed by atoms with van der Waals surface area (Å²) in [5, 5.41) is 15.8. The first-order chi connectivity index (χ1) is 19.7. The summed E-state index contributed by atoms with van der Waals surface area (Å²) in [4.78, 5) is 15.6. The largest absolute Gasteiger partial charge is 0.495 e. The van der Waals surface area contributed by atoms with Crippen LogP contribution in [0.15, 0.2) is 45.9 Å². The van der Waals surface area contributed by atoms with E-state index >= 15 is 0 Å². The number of carbonyl (C=O) groups excluding carboxylic acids is 1. The number of benzene rings is 2. The number of carbonyl (C=O) groups is 1. The number of likely N-dealkylation sites (tertiary alicyclic amines) is 1. The second-order valence-electron chi connectivity index (χ2n) is 10.4. The fourth-order valence-electron chi connectivity index (χ4n) is 4.94. The van der Waals surface area contributed by atoms with Gasteiger partial charge in [0.2, 0.25) is 0 Å². The Morgan fingerprint density at radius 3 is 2.67 bits per heavy atom. The molecule has 42 heavy (non-hydrogen) atoms. The van der Waals surface area contributed by atoms with Crippen molar-refractivity contribution in [2.75, 3.05) is 45.4 Å². The molecule has 2 heterocycles. The smallest absolute Gasteiger partial charge is 0.418 e. The minimum atomic E-state index is -4.95. The number of methoxy groups -OCH3 is 1. The normalized spacial score (nSPS) is 18.7. The van der Waals surface area contributed by atoms with E-state index in [4.69, 9.17) is 9.15 Å². The number of piperidine rings is 1. The maximum absolute atomic E-state index is 13.4. The highest BCUT2D eigenvalue weighted by atomic mass is 32.2. The van der Waals surface area contributed by atoms with Crippen LogP contribution in [0.5, 0.6) is 5.75 Å². The van der Waals surface area contributed by atoms with Crippen LogP contribution in [0.4, 0.5) is 18.9 Å². The Bertz CT molecular complexity index is 1640. The van der Waals surface area contributed by atoms with Gasteiger partial charge in [-0.25, -0.2) is 8.42 Å². The van der Waals surface area contributed by atoms with E-state index in [1.165, 1.54) is 37.4 Å². The lowest BCUT2D eigenvalue weighted by atomic mass is 9.93. The number of rotatable bonds is 7. The zero-order valence-electron chi connectivity index (χ0n) is 23.5. The van der Waals surface area contributed by atoms with Gasteiger partial charge in [0, 0.05) is 35.4 Å². The van der Waals surface area contributed by atoms with Crippen LogP contribution in [0.3, 0.4) is 0 Å². The third-order valence-corrected chi connectivity index (χ3v) is 8.29. The van der Waals surface area contributed by atoms with Crippen LogP contribution < -0.4 is 15.4 Å². The van der Waals surface area contributed by atoms with Crippen molar-refractivity contribution < 1.29 is 40.6 Å². The SMILES string of the molecule is COc1ccc(S(C)(=O)=O)cc1NCC#Cc1cc(C(=O)N[C@H]2CCN(C)C[C@@H]2C)c2occ(C(O)C(F)(F)F)c2c1. The van der Waals surface area contributed by atoms with E-state index in [1.807, 2.05) is 14.0 Å². The minimum Gasteiger partial charge on any atom is -0.495 e. The first-order valence-corrected chi connectivity index (χ1v) is 15.0. The first kappa shape index (κ1) is 31.2. The number of ether oxygens (including phenoxy) is 1. The summed E-state index contributed by atoms with van der Waals surface area (Å²) in [7, 11) is -0.0533. The van der Waals surface area contributed by atoms with Crippen molar-refractivity contribution in [1.29, 1.82) is 0 Å². The molecule has 1 aliphatic rings. The molecule has 1 unspecified atom stereocenters. The van der Waals surface area contributed by atoms with E-state index in [2.05, 4.69) is 27.4 Å². The van der Waals surface area contributed by atoms with E-state index in [0.717, 1.165) is 25.6 Å². The van der Waals surface area contributed by atoms with E-state index in [-0.39, 0.29) is 45.5 Å². The third-order valence-electron chi connectivity index (χ3n) is 7.18. The number of sulfone groups is 1. The van der Waals surface area contributed by atoms with Crippen molar-refractivity contribution in [2.24, 2.45) is 5.92 Å². The molecule has 13 heteroatoms. The molecular weight excluding hydrogens is 575 g/mol. The average Bonchev–Trinajstić information content (AvgIpc) is 3.34. The molecule has 0 aliphatic carbocycles. The number of aliphatic hydroxyl groups excluding tert-OH is 1. The van der Waals surface area contributed by atoms with Crippen LogP contribution in [0, 0.1) is 17.8 Å². The number of nitrogens with one attached hydrogen (secondary N) is 2. The van der Waals surface area contributed by atoms with Crippen molar-refractivity contribution >= 4 is 32.4 Å². The number of amides is 1. The Kier molecular flexibility index (Phi) is 9.10. The van der Waals surface area contributed by atoms with Gasteiger partial charge in [-0.15, -0.1) is 0 Å². The Morgan fingerprint density at radius 1 is 1.29 bits per heavy atom. The Hall–Kier alpha value is -3.73. The van der Waals surface area contributed by atoms with Gasteiger partial charge in [0.05, 0.1) is 36.1 Å². The van der Waals surface area contributed by atoms with E-state index < -0.39 is 33.6 Å². The number of aliphatic hydroxyl groups is 1. The first-order valence-electron chi connectivity index (χ1n) is 13.1. The molecule has 226 valence electrons. The molecule has 0 saturated carbocycles. The number of halogens is 3. The second kappa shape index (κ2) is 12.2. The van der Waals surface area contributed by atoms with Gasteiger partial charge in [-0.3, -0.25) is 4.79 Å². The molecule has 1 fully saturated rings. The van der Waals surface area contributed by atoms with Crippen LogP contribution in [0.1, 0.15) is 40.9 Å². The van der Waals surface area contributed by atoms with Gasteiger partial charge in [-0.1, -0.05) is 18.8 Å². The number of nitrogens with zero attached hydrogens (tertiary/aromatic N) is 1. The van der Waals surface area contributed by atoms with Crippen molar-refractivity contribution in [3.8, 4) is 17.6 Å². The summed E-state index contributed by atoms with van der Waals surface area (Å²) < 4.78 is 74.7. The zero-order valence-corrected chi connectivity index (χ0v) is 24.3. The Balaban J connectivity index is 1.66. The predicted molar refractivity (Wildman–Crippen MR) is 151 cm³/mol. The zero-order chi connectivity index (χ0) is 30.8. The quantitative estimate of drug-likeness (QED) is 0.345. The maximum atomic E-state index is 13.4. The lowest BCUT2D eigenvalue weighted by molar-refractivity contribution is -0.206. The monoisotopic (exact) mass is 607 g/mol. The third kappa shape index (κ3) is 7.00. The van der Waals surface area contributed by atoms with Gasteiger partial charge < -0.3 is 29.8 Å². The number of alkyl halides is 3. The van der Waals surface area contributed by atoms with Crippen molar-refractivity contribution in [3.63, 3.8) is 0 Å². The van der Waals surface area contributed by atoms with Crippen LogP contribution in [0.25, 0.3) is 11.0 Å². The molecule has 3 aromatic rings. The molecule has 3 atom stereocenters. The van der Waals surface area contributed by atoms with E-state index in [9.17, 15) is 31.5 Å².